The van der Waals surface area contributed by atoms with Gasteiger partial charge in [0.2, 0.25) is 5.88 Å². The molecule has 0 fully saturated rings. The Morgan fingerprint density at radius 1 is 1.57 bits per heavy atom. The van der Waals surface area contributed by atoms with Crippen molar-refractivity contribution in [1.29, 1.82) is 0 Å². The molecule has 0 saturated heterocycles. The van der Waals surface area contributed by atoms with Crippen molar-refractivity contribution in [3.63, 3.8) is 0 Å². The Labute approximate surface area is 85.0 Å². The summed E-state index contributed by atoms with van der Waals surface area (Å²) in [4.78, 5) is 0. The van der Waals surface area contributed by atoms with Crippen molar-refractivity contribution >= 4 is 0 Å². The topological polar surface area (TPSA) is 49.9 Å². The van der Waals surface area contributed by atoms with Crippen LogP contribution >= 0.6 is 0 Å². The molecule has 2 N–H and O–H groups in total. The summed E-state index contributed by atoms with van der Waals surface area (Å²) in [6.45, 7) is 7.93. The van der Waals surface area contributed by atoms with Crippen molar-refractivity contribution in [2.24, 2.45) is 0 Å². The van der Waals surface area contributed by atoms with Crippen LogP contribution in [0.4, 0.5) is 0 Å². The zero-order valence-corrected chi connectivity index (χ0v) is 9.13. The smallest absolute Gasteiger partial charge is 0.232 e. The highest BCUT2D eigenvalue weighted by molar-refractivity contribution is 5.11. The number of aryl methyl sites for hydroxylation is 1. The predicted molar refractivity (Wildman–Crippen MR) is 56.6 cm³/mol. The molecule has 0 unspecified atom stereocenters. The van der Waals surface area contributed by atoms with Gasteiger partial charge < -0.3 is 10.1 Å². The molecule has 4 nitrogen and oxygen atoms in total. The van der Waals surface area contributed by atoms with Crippen molar-refractivity contribution in [2.45, 2.75) is 33.2 Å². The van der Waals surface area contributed by atoms with Crippen LogP contribution < -0.4 is 10.1 Å². The second-order valence-corrected chi connectivity index (χ2v) is 3.70. The van der Waals surface area contributed by atoms with E-state index in [4.69, 9.17) is 4.74 Å². The first-order chi connectivity index (χ1) is 6.68. The standard InChI is InChI=1S/C10H19N3O/c1-8(2)11-5-4-6-14-10-7-9(3)12-13-10/h7-8,11H,4-6H2,1-3H3,(H,12,13). The summed E-state index contributed by atoms with van der Waals surface area (Å²) in [5.41, 5.74) is 1.03. The highest BCUT2D eigenvalue weighted by atomic mass is 16.5. The van der Waals surface area contributed by atoms with E-state index in [-0.39, 0.29) is 0 Å². The number of aromatic amines is 1. The first kappa shape index (κ1) is 11.0. The fraction of sp³-hybridized carbons (Fsp3) is 0.700. The van der Waals surface area contributed by atoms with Gasteiger partial charge in [0.1, 0.15) is 0 Å². The number of nitrogens with zero attached hydrogens (tertiary/aromatic N) is 1. The molecule has 0 atom stereocenters. The van der Waals surface area contributed by atoms with E-state index in [1.807, 2.05) is 13.0 Å². The average Bonchev–Trinajstić information content (AvgIpc) is 2.50. The molecular weight excluding hydrogens is 178 g/mol. The monoisotopic (exact) mass is 197 g/mol. The van der Waals surface area contributed by atoms with Gasteiger partial charge in [-0.1, -0.05) is 13.8 Å². The minimum absolute atomic E-state index is 0.544. The van der Waals surface area contributed by atoms with E-state index in [1.54, 1.807) is 0 Å². The van der Waals surface area contributed by atoms with Crippen molar-refractivity contribution in [3.8, 4) is 5.88 Å². The molecule has 0 aliphatic rings. The van der Waals surface area contributed by atoms with Crippen LogP contribution in [-0.2, 0) is 0 Å². The molecular formula is C10H19N3O. The van der Waals surface area contributed by atoms with E-state index in [2.05, 4.69) is 29.4 Å². The predicted octanol–water partition coefficient (Wildman–Crippen LogP) is 1.49. The van der Waals surface area contributed by atoms with Gasteiger partial charge in [0, 0.05) is 17.8 Å². The Morgan fingerprint density at radius 3 is 2.93 bits per heavy atom. The van der Waals surface area contributed by atoms with Gasteiger partial charge in [0.25, 0.3) is 0 Å². The molecule has 1 aromatic heterocycles. The van der Waals surface area contributed by atoms with E-state index in [1.165, 1.54) is 0 Å². The third kappa shape index (κ3) is 4.28. The van der Waals surface area contributed by atoms with Gasteiger partial charge >= 0.3 is 0 Å². The first-order valence-corrected chi connectivity index (χ1v) is 5.06. The minimum atomic E-state index is 0.544. The largest absolute Gasteiger partial charge is 0.477 e. The van der Waals surface area contributed by atoms with Gasteiger partial charge in [-0.2, -0.15) is 0 Å². The molecule has 0 aliphatic carbocycles. The van der Waals surface area contributed by atoms with E-state index >= 15 is 0 Å². The number of hydrogen-bond donors (Lipinski definition) is 2. The lowest BCUT2D eigenvalue weighted by Gasteiger charge is -2.07. The van der Waals surface area contributed by atoms with Crippen molar-refractivity contribution in [1.82, 2.24) is 15.5 Å². The Kier molecular flexibility index (Phi) is 4.46. The van der Waals surface area contributed by atoms with Crippen LogP contribution in [0.25, 0.3) is 0 Å². The molecule has 0 aromatic carbocycles. The van der Waals surface area contributed by atoms with Gasteiger partial charge in [0.15, 0.2) is 0 Å². The van der Waals surface area contributed by atoms with E-state index in [0.29, 0.717) is 18.5 Å². The number of hydrogen-bond acceptors (Lipinski definition) is 3. The summed E-state index contributed by atoms with van der Waals surface area (Å²) >= 11 is 0. The highest BCUT2D eigenvalue weighted by Gasteiger charge is 1.97. The summed E-state index contributed by atoms with van der Waals surface area (Å²) in [7, 11) is 0. The summed E-state index contributed by atoms with van der Waals surface area (Å²) in [6, 6.07) is 2.44. The quantitative estimate of drug-likeness (QED) is 0.679. The third-order valence-electron chi connectivity index (χ3n) is 1.81. The average molecular weight is 197 g/mol. The van der Waals surface area contributed by atoms with Crippen LogP contribution in [0.2, 0.25) is 0 Å². The number of H-pyrrole nitrogens is 1. The van der Waals surface area contributed by atoms with Crippen LogP contribution in [0.1, 0.15) is 26.0 Å². The van der Waals surface area contributed by atoms with Gasteiger partial charge in [-0.15, -0.1) is 5.10 Å². The zero-order chi connectivity index (χ0) is 10.4. The minimum Gasteiger partial charge on any atom is -0.477 e. The fourth-order valence-electron chi connectivity index (χ4n) is 1.11. The van der Waals surface area contributed by atoms with E-state index in [9.17, 15) is 0 Å². The summed E-state index contributed by atoms with van der Waals surface area (Å²) in [5, 5.41) is 10.1. The second-order valence-electron chi connectivity index (χ2n) is 3.70. The lowest BCUT2D eigenvalue weighted by atomic mass is 10.3. The molecule has 0 saturated carbocycles. The van der Waals surface area contributed by atoms with Crippen molar-refractivity contribution in [3.05, 3.63) is 11.8 Å². The van der Waals surface area contributed by atoms with Gasteiger partial charge in [-0.3, -0.25) is 5.10 Å². The lowest BCUT2D eigenvalue weighted by Crippen LogP contribution is -2.24. The summed E-state index contributed by atoms with van der Waals surface area (Å²) in [6.07, 6.45) is 1.00. The second kappa shape index (κ2) is 5.65. The fourth-order valence-corrected chi connectivity index (χ4v) is 1.11. The van der Waals surface area contributed by atoms with Crippen LogP contribution in [0, 0.1) is 6.92 Å². The number of ether oxygens (including phenoxy) is 1. The zero-order valence-electron chi connectivity index (χ0n) is 9.13. The molecule has 0 spiro atoms. The van der Waals surface area contributed by atoms with Crippen LogP contribution in [0.5, 0.6) is 5.88 Å². The van der Waals surface area contributed by atoms with Crippen LogP contribution in [0.3, 0.4) is 0 Å². The maximum atomic E-state index is 5.43. The van der Waals surface area contributed by atoms with Crippen molar-refractivity contribution in [2.75, 3.05) is 13.2 Å². The normalized spacial score (nSPS) is 10.9. The first-order valence-electron chi connectivity index (χ1n) is 5.06. The van der Waals surface area contributed by atoms with Crippen molar-refractivity contribution < 1.29 is 4.74 Å². The summed E-state index contributed by atoms with van der Waals surface area (Å²) in [5.74, 6) is 0.687. The molecule has 0 aliphatic heterocycles. The van der Waals surface area contributed by atoms with Gasteiger partial charge in [-0.25, -0.2) is 0 Å². The Bertz CT molecular complexity index is 258. The van der Waals surface area contributed by atoms with E-state index in [0.717, 1.165) is 18.7 Å². The van der Waals surface area contributed by atoms with Gasteiger partial charge in [0.05, 0.1) is 6.61 Å². The molecule has 1 heterocycles. The third-order valence-corrected chi connectivity index (χ3v) is 1.81. The maximum Gasteiger partial charge on any atom is 0.232 e. The van der Waals surface area contributed by atoms with Crippen LogP contribution in [-0.4, -0.2) is 29.4 Å². The molecule has 4 heteroatoms. The molecule has 0 amide bonds. The molecule has 80 valence electrons. The Hall–Kier alpha value is -1.03. The highest BCUT2D eigenvalue weighted by Crippen LogP contribution is 2.06. The van der Waals surface area contributed by atoms with E-state index < -0.39 is 0 Å². The van der Waals surface area contributed by atoms with Gasteiger partial charge in [-0.05, 0) is 19.9 Å². The molecule has 1 rings (SSSR count). The Morgan fingerprint density at radius 2 is 2.36 bits per heavy atom. The molecule has 14 heavy (non-hydrogen) atoms. The number of rotatable bonds is 6. The number of aromatic nitrogens is 2. The summed E-state index contributed by atoms with van der Waals surface area (Å²) < 4.78 is 5.43. The Balaban J connectivity index is 2.04. The lowest BCUT2D eigenvalue weighted by molar-refractivity contribution is 0.294. The maximum absolute atomic E-state index is 5.43. The molecule has 0 bridgehead atoms. The molecule has 1 aromatic rings. The molecule has 0 radical (unpaired) electrons. The number of nitrogens with one attached hydrogen (secondary N) is 2. The SMILES string of the molecule is Cc1cc(OCCCNC(C)C)n[nH]1. The van der Waals surface area contributed by atoms with Crippen LogP contribution in [0.15, 0.2) is 6.07 Å².